The Labute approximate surface area is 138 Å². The Kier molecular flexibility index (Phi) is 7.00. The van der Waals surface area contributed by atoms with Gasteiger partial charge < -0.3 is 16.0 Å². The van der Waals surface area contributed by atoms with Gasteiger partial charge in [-0.15, -0.1) is 0 Å². The van der Waals surface area contributed by atoms with E-state index in [1.807, 2.05) is 18.2 Å². The number of rotatable bonds is 8. The van der Waals surface area contributed by atoms with Crippen LogP contribution in [0.4, 0.5) is 5.69 Å². The maximum atomic E-state index is 12.0. The number of unbranched alkanes of at least 4 members (excludes halogenated alkanes) is 3. The van der Waals surface area contributed by atoms with Crippen molar-refractivity contribution in [3.8, 4) is 0 Å². The fourth-order valence-corrected chi connectivity index (χ4v) is 3.05. The minimum atomic E-state index is 0.172. The number of hydrogen-bond acceptors (Lipinski definition) is 3. The number of amides is 1. The topological polar surface area (TPSA) is 58.4 Å². The van der Waals surface area contributed by atoms with E-state index in [1.54, 1.807) is 0 Å². The number of anilines is 1. The number of carbonyl (C=O) groups is 1. The zero-order valence-corrected chi connectivity index (χ0v) is 13.8. The highest BCUT2D eigenvalue weighted by Crippen LogP contribution is 2.23. The van der Waals surface area contributed by atoms with Crippen LogP contribution in [0.15, 0.2) is 24.3 Å². The standard InChI is InChI=1S/C17H26ClN3O/c18-14-6-5-7-16(12-14)21-11-9-15(13-21)20-17(22)8-3-1-2-4-10-19/h5-7,12,15H,1-4,8-11,13,19H2,(H,20,22). The molecule has 0 saturated carbocycles. The van der Waals surface area contributed by atoms with Crippen LogP contribution in [0.1, 0.15) is 38.5 Å². The SMILES string of the molecule is NCCCCCCC(=O)NC1CCN(c2cccc(Cl)c2)C1. The van der Waals surface area contributed by atoms with Crippen molar-refractivity contribution in [2.24, 2.45) is 5.73 Å². The van der Waals surface area contributed by atoms with Crippen molar-refractivity contribution >= 4 is 23.2 Å². The van der Waals surface area contributed by atoms with E-state index in [2.05, 4.69) is 16.3 Å². The molecule has 22 heavy (non-hydrogen) atoms. The molecule has 2 rings (SSSR count). The summed E-state index contributed by atoms with van der Waals surface area (Å²) in [5, 5.41) is 3.90. The van der Waals surface area contributed by atoms with Crippen molar-refractivity contribution in [3.63, 3.8) is 0 Å². The lowest BCUT2D eigenvalue weighted by molar-refractivity contribution is -0.121. The zero-order valence-electron chi connectivity index (χ0n) is 13.1. The lowest BCUT2D eigenvalue weighted by Crippen LogP contribution is -2.36. The number of hydrogen-bond donors (Lipinski definition) is 2. The third-order valence-corrected chi connectivity index (χ3v) is 4.32. The fraction of sp³-hybridized carbons (Fsp3) is 0.588. The summed E-state index contributed by atoms with van der Waals surface area (Å²) in [5.41, 5.74) is 6.59. The highest BCUT2D eigenvalue weighted by atomic mass is 35.5. The predicted octanol–water partition coefficient (Wildman–Crippen LogP) is 2.94. The molecular weight excluding hydrogens is 298 g/mol. The highest BCUT2D eigenvalue weighted by Gasteiger charge is 2.23. The van der Waals surface area contributed by atoms with Crippen LogP contribution in [0, 0.1) is 0 Å². The van der Waals surface area contributed by atoms with Crippen LogP contribution in [0.3, 0.4) is 0 Å². The fourth-order valence-electron chi connectivity index (χ4n) is 2.87. The normalized spacial score (nSPS) is 17.7. The van der Waals surface area contributed by atoms with Gasteiger partial charge in [-0.05, 0) is 44.0 Å². The third-order valence-electron chi connectivity index (χ3n) is 4.08. The van der Waals surface area contributed by atoms with Gasteiger partial charge in [-0.1, -0.05) is 30.5 Å². The van der Waals surface area contributed by atoms with Crippen molar-refractivity contribution in [2.75, 3.05) is 24.5 Å². The van der Waals surface area contributed by atoms with Crippen LogP contribution in [0.2, 0.25) is 5.02 Å². The molecule has 0 aromatic heterocycles. The smallest absolute Gasteiger partial charge is 0.220 e. The van der Waals surface area contributed by atoms with Crippen molar-refractivity contribution in [2.45, 2.75) is 44.6 Å². The van der Waals surface area contributed by atoms with E-state index in [1.165, 1.54) is 0 Å². The summed E-state index contributed by atoms with van der Waals surface area (Å²) >= 11 is 6.03. The van der Waals surface area contributed by atoms with E-state index in [-0.39, 0.29) is 11.9 Å². The number of nitrogens with zero attached hydrogens (tertiary/aromatic N) is 1. The van der Waals surface area contributed by atoms with Crippen LogP contribution < -0.4 is 16.0 Å². The number of nitrogens with two attached hydrogens (primary N) is 1. The summed E-state index contributed by atoms with van der Waals surface area (Å²) in [7, 11) is 0. The Morgan fingerprint density at radius 1 is 1.32 bits per heavy atom. The molecule has 1 aromatic rings. The van der Waals surface area contributed by atoms with Gasteiger partial charge in [0.15, 0.2) is 0 Å². The molecule has 1 amide bonds. The Balaban J connectivity index is 1.68. The van der Waals surface area contributed by atoms with E-state index < -0.39 is 0 Å². The van der Waals surface area contributed by atoms with Crippen LogP contribution in [-0.2, 0) is 4.79 Å². The molecule has 0 spiro atoms. The molecule has 1 saturated heterocycles. The van der Waals surface area contributed by atoms with Gasteiger partial charge in [0.2, 0.25) is 5.91 Å². The van der Waals surface area contributed by atoms with E-state index in [0.29, 0.717) is 6.42 Å². The van der Waals surface area contributed by atoms with Gasteiger partial charge in [0.1, 0.15) is 0 Å². The van der Waals surface area contributed by atoms with E-state index in [9.17, 15) is 4.79 Å². The Morgan fingerprint density at radius 3 is 2.91 bits per heavy atom. The average molecular weight is 324 g/mol. The summed E-state index contributed by atoms with van der Waals surface area (Å²) in [6, 6.07) is 8.13. The van der Waals surface area contributed by atoms with Gasteiger partial charge in [0, 0.05) is 36.3 Å². The van der Waals surface area contributed by atoms with E-state index >= 15 is 0 Å². The second-order valence-corrected chi connectivity index (χ2v) is 6.37. The first kappa shape index (κ1) is 17.1. The van der Waals surface area contributed by atoms with Gasteiger partial charge in [-0.3, -0.25) is 4.79 Å². The van der Waals surface area contributed by atoms with Crippen LogP contribution in [0.5, 0.6) is 0 Å². The monoisotopic (exact) mass is 323 g/mol. The summed E-state index contributed by atoms with van der Waals surface area (Å²) in [5.74, 6) is 0.172. The van der Waals surface area contributed by atoms with Gasteiger partial charge in [-0.25, -0.2) is 0 Å². The van der Waals surface area contributed by atoms with Gasteiger partial charge in [0.05, 0.1) is 0 Å². The minimum absolute atomic E-state index is 0.172. The van der Waals surface area contributed by atoms with Gasteiger partial charge in [-0.2, -0.15) is 0 Å². The maximum absolute atomic E-state index is 12.0. The summed E-state index contributed by atoms with van der Waals surface area (Å²) < 4.78 is 0. The lowest BCUT2D eigenvalue weighted by Gasteiger charge is -2.19. The largest absolute Gasteiger partial charge is 0.369 e. The van der Waals surface area contributed by atoms with Crippen molar-refractivity contribution in [3.05, 3.63) is 29.3 Å². The molecule has 4 nitrogen and oxygen atoms in total. The molecule has 0 radical (unpaired) electrons. The van der Waals surface area contributed by atoms with Crippen LogP contribution >= 0.6 is 11.6 Å². The Hall–Kier alpha value is -1.26. The molecule has 5 heteroatoms. The first-order valence-electron chi connectivity index (χ1n) is 8.19. The Bertz CT molecular complexity index is 481. The minimum Gasteiger partial charge on any atom is -0.369 e. The second-order valence-electron chi connectivity index (χ2n) is 5.93. The number of nitrogens with one attached hydrogen (secondary N) is 1. The van der Waals surface area contributed by atoms with Crippen molar-refractivity contribution in [1.82, 2.24) is 5.32 Å². The van der Waals surface area contributed by atoms with Gasteiger partial charge >= 0.3 is 0 Å². The van der Waals surface area contributed by atoms with Crippen molar-refractivity contribution in [1.29, 1.82) is 0 Å². The summed E-state index contributed by atoms with van der Waals surface area (Å²) in [6.07, 6.45) is 5.83. The Morgan fingerprint density at radius 2 is 2.14 bits per heavy atom. The molecule has 1 fully saturated rings. The van der Waals surface area contributed by atoms with Crippen LogP contribution in [0.25, 0.3) is 0 Å². The lowest BCUT2D eigenvalue weighted by atomic mass is 10.1. The summed E-state index contributed by atoms with van der Waals surface area (Å²) in [4.78, 5) is 14.2. The number of benzene rings is 1. The third kappa shape index (κ3) is 5.50. The molecule has 3 N–H and O–H groups in total. The van der Waals surface area contributed by atoms with Crippen LogP contribution in [-0.4, -0.2) is 31.6 Å². The average Bonchev–Trinajstić information content (AvgIpc) is 2.95. The predicted molar refractivity (Wildman–Crippen MR) is 92.4 cm³/mol. The quantitative estimate of drug-likeness (QED) is 0.723. The molecule has 1 heterocycles. The molecule has 1 aromatic carbocycles. The van der Waals surface area contributed by atoms with Crippen molar-refractivity contribution < 1.29 is 4.79 Å². The second kappa shape index (κ2) is 9.01. The number of halogens is 1. The highest BCUT2D eigenvalue weighted by molar-refractivity contribution is 6.30. The molecule has 1 aliphatic rings. The molecule has 1 unspecified atom stereocenters. The molecule has 122 valence electrons. The zero-order chi connectivity index (χ0) is 15.8. The molecule has 0 aliphatic carbocycles. The molecule has 1 atom stereocenters. The molecular formula is C17H26ClN3O. The molecule has 0 bridgehead atoms. The van der Waals surface area contributed by atoms with Gasteiger partial charge in [0.25, 0.3) is 0 Å². The summed E-state index contributed by atoms with van der Waals surface area (Å²) in [6.45, 7) is 2.56. The first-order valence-corrected chi connectivity index (χ1v) is 8.57. The maximum Gasteiger partial charge on any atom is 0.220 e. The number of carbonyl (C=O) groups excluding carboxylic acids is 1. The molecule has 1 aliphatic heterocycles. The van der Waals surface area contributed by atoms with E-state index in [4.69, 9.17) is 17.3 Å². The first-order chi connectivity index (χ1) is 10.7. The van der Waals surface area contributed by atoms with E-state index in [0.717, 1.165) is 62.4 Å².